The Morgan fingerprint density at radius 3 is 2.77 bits per heavy atom. The van der Waals surface area contributed by atoms with E-state index in [2.05, 4.69) is 15.0 Å². The van der Waals surface area contributed by atoms with Crippen LogP contribution in [0.1, 0.15) is 38.4 Å². The van der Waals surface area contributed by atoms with Crippen LogP contribution in [0.15, 0.2) is 30.5 Å². The van der Waals surface area contributed by atoms with Crippen LogP contribution in [-0.4, -0.2) is 52.7 Å². The van der Waals surface area contributed by atoms with Crippen molar-refractivity contribution in [2.75, 3.05) is 19.8 Å². The van der Waals surface area contributed by atoms with E-state index in [0.29, 0.717) is 23.1 Å². The molecule has 0 bridgehead atoms. The van der Waals surface area contributed by atoms with Crippen LogP contribution in [-0.2, 0) is 13.1 Å². The van der Waals surface area contributed by atoms with Crippen molar-refractivity contribution in [3.8, 4) is 5.75 Å². The van der Waals surface area contributed by atoms with Gasteiger partial charge in [0.2, 0.25) is 0 Å². The highest BCUT2D eigenvalue weighted by molar-refractivity contribution is 6.32. The Kier molecular flexibility index (Phi) is 7.01. The number of aliphatic hydroxyl groups is 1. The molecule has 3 rings (SSSR count). The third kappa shape index (κ3) is 5.65. The first-order valence-corrected chi connectivity index (χ1v) is 9.71. The average Bonchev–Trinajstić information content (AvgIpc) is 3.02. The zero-order valence-electron chi connectivity index (χ0n) is 16.2. The van der Waals surface area contributed by atoms with Gasteiger partial charge in [0.25, 0.3) is 11.8 Å². The molecule has 2 aromatic rings. The fraction of sp³-hybridized carbons (Fsp3) is 0.350. The van der Waals surface area contributed by atoms with Crippen LogP contribution in [0.3, 0.4) is 0 Å². The van der Waals surface area contributed by atoms with Gasteiger partial charge in [-0.05, 0) is 30.2 Å². The van der Waals surface area contributed by atoms with Crippen molar-refractivity contribution < 1.29 is 32.6 Å². The summed E-state index contributed by atoms with van der Waals surface area (Å²) >= 11 is 6.02. The van der Waals surface area contributed by atoms with Gasteiger partial charge in [0.15, 0.2) is 6.61 Å². The topological polar surface area (TPSA) is 91.8 Å². The number of halogens is 4. The fourth-order valence-electron chi connectivity index (χ4n) is 3.11. The number of alkyl halides is 3. The van der Waals surface area contributed by atoms with Gasteiger partial charge >= 0.3 is 6.18 Å². The summed E-state index contributed by atoms with van der Waals surface area (Å²) in [6.45, 7) is -0.954. The minimum atomic E-state index is -4.48. The Labute approximate surface area is 180 Å². The summed E-state index contributed by atoms with van der Waals surface area (Å²) in [5.74, 6) is -0.839. The van der Waals surface area contributed by atoms with Crippen LogP contribution in [0, 0.1) is 0 Å². The molecule has 1 aliphatic heterocycles. The number of fused-ring (bicyclic) bond motifs is 1. The summed E-state index contributed by atoms with van der Waals surface area (Å²) in [5.41, 5.74) is 1.58. The highest BCUT2D eigenvalue weighted by atomic mass is 35.5. The van der Waals surface area contributed by atoms with Gasteiger partial charge in [0.05, 0.1) is 5.02 Å². The van der Waals surface area contributed by atoms with Crippen molar-refractivity contribution in [1.29, 1.82) is 0 Å². The standard InChI is InChI=1S/C20H19ClF3N3O4/c21-15-8-12(2-3-16(15)31-11-20(22,23)24)9-27-10-14-13(19(27)30)4-6-25-17(14)18(29)26-5-1-7-28/h2-4,6,8,28H,1,5,7,9-11H2,(H,26,29). The minimum absolute atomic E-state index is 0.00322. The van der Waals surface area contributed by atoms with Crippen molar-refractivity contribution in [2.45, 2.75) is 25.7 Å². The molecule has 2 N–H and O–H groups in total. The monoisotopic (exact) mass is 457 g/mol. The van der Waals surface area contributed by atoms with Crippen LogP contribution >= 0.6 is 11.6 Å². The van der Waals surface area contributed by atoms with Gasteiger partial charge < -0.3 is 20.1 Å². The molecule has 2 amide bonds. The number of aromatic nitrogens is 1. The molecule has 31 heavy (non-hydrogen) atoms. The zero-order valence-corrected chi connectivity index (χ0v) is 17.0. The SMILES string of the molecule is O=C(NCCCO)c1nccc2c1CN(Cc1ccc(OCC(F)(F)F)c(Cl)c1)C2=O. The van der Waals surface area contributed by atoms with E-state index in [-0.39, 0.29) is 48.6 Å². The van der Waals surface area contributed by atoms with Crippen LogP contribution in [0.5, 0.6) is 5.75 Å². The molecule has 0 radical (unpaired) electrons. The van der Waals surface area contributed by atoms with Crippen LogP contribution in [0.25, 0.3) is 0 Å². The van der Waals surface area contributed by atoms with Crippen LogP contribution in [0.2, 0.25) is 5.02 Å². The van der Waals surface area contributed by atoms with Gasteiger partial charge in [-0.25, -0.2) is 0 Å². The molecule has 1 aromatic carbocycles. The number of hydrogen-bond donors (Lipinski definition) is 2. The van der Waals surface area contributed by atoms with Crippen molar-refractivity contribution in [3.63, 3.8) is 0 Å². The summed E-state index contributed by atoms with van der Waals surface area (Å²) in [6.07, 6.45) is -2.70. The van der Waals surface area contributed by atoms with Gasteiger partial charge in [0, 0.05) is 43.6 Å². The highest BCUT2D eigenvalue weighted by Gasteiger charge is 2.32. The van der Waals surface area contributed by atoms with Crippen LogP contribution in [0.4, 0.5) is 13.2 Å². The van der Waals surface area contributed by atoms with Crippen molar-refractivity contribution in [2.24, 2.45) is 0 Å². The number of amides is 2. The number of nitrogens with zero attached hydrogens (tertiary/aromatic N) is 2. The Bertz CT molecular complexity index is 985. The third-order valence-corrected chi connectivity index (χ3v) is 4.81. The second-order valence-electron chi connectivity index (χ2n) is 6.85. The molecular weight excluding hydrogens is 439 g/mol. The molecule has 0 spiro atoms. The molecule has 0 aliphatic carbocycles. The Hall–Kier alpha value is -2.85. The van der Waals surface area contributed by atoms with Gasteiger partial charge in [0.1, 0.15) is 11.4 Å². The Balaban J connectivity index is 1.71. The fourth-order valence-corrected chi connectivity index (χ4v) is 3.37. The van der Waals surface area contributed by atoms with Gasteiger partial charge in [-0.1, -0.05) is 17.7 Å². The Morgan fingerprint density at radius 2 is 2.10 bits per heavy atom. The van der Waals surface area contributed by atoms with Crippen molar-refractivity contribution >= 4 is 23.4 Å². The van der Waals surface area contributed by atoms with Gasteiger partial charge in [-0.2, -0.15) is 13.2 Å². The lowest BCUT2D eigenvalue weighted by Gasteiger charge is -2.17. The number of hydrogen-bond acceptors (Lipinski definition) is 5. The smallest absolute Gasteiger partial charge is 0.422 e. The maximum Gasteiger partial charge on any atom is 0.422 e. The largest absolute Gasteiger partial charge is 0.483 e. The molecule has 1 aliphatic rings. The lowest BCUT2D eigenvalue weighted by Crippen LogP contribution is -2.27. The van der Waals surface area contributed by atoms with E-state index in [1.165, 1.54) is 35.4 Å². The second-order valence-corrected chi connectivity index (χ2v) is 7.26. The predicted octanol–water partition coefficient (Wildman–Crippen LogP) is 2.94. The Morgan fingerprint density at radius 1 is 1.32 bits per heavy atom. The first kappa shape index (κ1) is 22.8. The number of aliphatic hydroxyl groups excluding tert-OH is 1. The molecule has 0 saturated heterocycles. The van der Waals surface area contributed by atoms with E-state index >= 15 is 0 Å². The molecule has 0 saturated carbocycles. The third-order valence-electron chi connectivity index (χ3n) is 4.52. The maximum absolute atomic E-state index is 12.8. The molecule has 0 unspecified atom stereocenters. The van der Waals surface area contributed by atoms with E-state index in [1.54, 1.807) is 0 Å². The maximum atomic E-state index is 12.8. The molecule has 0 fully saturated rings. The summed E-state index contributed by atoms with van der Waals surface area (Å²) in [4.78, 5) is 30.7. The quantitative estimate of drug-likeness (QED) is 0.595. The highest BCUT2D eigenvalue weighted by Crippen LogP contribution is 2.30. The number of pyridine rings is 1. The van der Waals surface area contributed by atoms with E-state index in [1.807, 2.05) is 0 Å². The molecule has 7 nitrogen and oxygen atoms in total. The first-order valence-electron chi connectivity index (χ1n) is 9.34. The average molecular weight is 458 g/mol. The summed E-state index contributed by atoms with van der Waals surface area (Å²) in [5, 5.41) is 11.5. The van der Waals surface area contributed by atoms with E-state index in [4.69, 9.17) is 16.7 Å². The molecule has 0 atom stereocenters. The number of carbonyl (C=O) groups is 2. The molecule has 11 heteroatoms. The number of ether oxygens (including phenoxy) is 1. The lowest BCUT2D eigenvalue weighted by atomic mass is 10.1. The number of nitrogens with one attached hydrogen (secondary N) is 1. The summed E-state index contributed by atoms with van der Waals surface area (Å²) in [7, 11) is 0. The molecule has 166 valence electrons. The zero-order chi connectivity index (χ0) is 22.6. The van der Waals surface area contributed by atoms with Crippen molar-refractivity contribution in [1.82, 2.24) is 15.2 Å². The first-order chi connectivity index (χ1) is 14.7. The molecule has 1 aromatic heterocycles. The van der Waals surface area contributed by atoms with Crippen molar-refractivity contribution in [3.05, 3.63) is 57.9 Å². The van der Waals surface area contributed by atoms with E-state index in [9.17, 15) is 22.8 Å². The van der Waals surface area contributed by atoms with Gasteiger partial charge in [-0.3, -0.25) is 14.6 Å². The van der Waals surface area contributed by atoms with E-state index < -0.39 is 18.7 Å². The summed E-state index contributed by atoms with van der Waals surface area (Å²) < 4.78 is 41.6. The van der Waals surface area contributed by atoms with E-state index in [0.717, 1.165) is 0 Å². The number of carbonyl (C=O) groups excluding carboxylic acids is 2. The van der Waals surface area contributed by atoms with Gasteiger partial charge in [-0.15, -0.1) is 0 Å². The molecule has 2 heterocycles. The predicted molar refractivity (Wildman–Crippen MR) is 105 cm³/mol. The number of rotatable bonds is 8. The second kappa shape index (κ2) is 9.52. The summed E-state index contributed by atoms with van der Waals surface area (Å²) in [6, 6.07) is 5.81. The number of benzene rings is 1. The minimum Gasteiger partial charge on any atom is -0.483 e. The lowest BCUT2D eigenvalue weighted by molar-refractivity contribution is -0.153. The normalized spacial score (nSPS) is 13.3. The molecular formula is C20H19ClF3N3O4. The van der Waals surface area contributed by atoms with Crippen LogP contribution < -0.4 is 10.1 Å².